The first-order chi connectivity index (χ1) is 10.8. The number of nitrogens with one attached hydrogen (secondary N) is 2. The lowest BCUT2D eigenvalue weighted by Gasteiger charge is -2.08. The van der Waals surface area contributed by atoms with Gasteiger partial charge in [-0.15, -0.1) is 0 Å². The number of H-pyrrole nitrogens is 1. The van der Waals surface area contributed by atoms with E-state index in [0.717, 1.165) is 11.3 Å². The highest BCUT2D eigenvalue weighted by Gasteiger charge is 2.13. The maximum absolute atomic E-state index is 12.4. The maximum Gasteiger partial charge on any atom is 0.252 e. The Balaban J connectivity index is 1.68. The molecule has 3 aromatic rings. The number of benzene rings is 1. The molecule has 0 aliphatic carbocycles. The number of rotatable bonds is 5. The Kier molecular flexibility index (Phi) is 4.25. The molecule has 110 valence electrons. The molecule has 2 aromatic heterocycles. The summed E-state index contributed by atoms with van der Waals surface area (Å²) in [6, 6.07) is 13.2. The lowest BCUT2D eigenvalue weighted by molar-refractivity contribution is 0.0954. The Labute approximate surface area is 128 Å². The monoisotopic (exact) mass is 292 g/mol. The van der Waals surface area contributed by atoms with Crippen LogP contribution in [0.25, 0.3) is 11.4 Å². The zero-order chi connectivity index (χ0) is 15.2. The number of amides is 1. The van der Waals surface area contributed by atoms with Gasteiger partial charge >= 0.3 is 0 Å². The van der Waals surface area contributed by atoms with Gasteiger partial charge in [0.2, 0.25) is 0 Å². The second-order valence-corrected chi connectivity index (χ2v) is 4.81. The fourth-order valence-electron chi connectivity index (χ4n) is 2.25. The van der Waals surface area contributed by atoms with Gasteiger partial charge in [-0.05, 0) is 18.2 Å². The van der Waals surface area contributed by atoms with Crippen molar-refractivity contribution in [1.82, 2.24) is 20.3 Å². The van der Waals surface area contributed by atoms with Crippen molar-refractivity contribution in [3.8, 4) is 11.4 Å². The van der Waals surface area contributed by atoms with E-state index in [2.05, 4.69) is 20.3 Å². The first-order valence-electron chi connectivity index (χ1n) is 7.11. The van der Waals surface area contributed by atoms with Gasteiger partial charge in [0.05, 0.1) is 5.56 Å². The van der Waals surface area contributed by atoms with Crippen molar-refractivity contribution in [2.75, 3.05) is 6.54 Å². The maximum atomic E-state index is 12.4. The third-order valence-electron chi connectivity index (χ3n) is 3.32. The minimum atomic E-state index is -0.108. The average Bonchev–Trinajstić information content (AvgIpc) is 3.10. The van der Waals surface area contributed by atoms with Crippen molar-refractivity contribution in [2.45, 2.75) is 6.42 Å². The molecule has 0 fully saturated rings. The van der Waals surface area contributed by atoms with Crippen LogP contribution >= 0.6 is 0 Å². The third-order valence-corrected chi connectivity index (χ3v) is 3.32. The summed E-state index contributed by atoms with van der Waals surface area (Å²) in [4.78, 5) is 23.9. The summed E-state index contributed by atoms with van der Waals surface area (Å²) in [6.07, 6.45) is 5.87. The number of aromatic amines is 1. The van der Waals surface area contributed by atoms with Gasteiger partial charge in [0.1, 0.15) is 5.82 Å². The minimum Gasteiger partial charge on any atom is -0.352 e. The third kappa shape index (κ3) is 3.20. The predicted octanol–water partition coefficient (Wildman–Crippen LogP) is 2.44. The number of nitrogens with zero attached hydrogens (tertiary/aromatic N) is 2. The molecule has 0 atom stereocenters. The number of aromatic nitrogens is 3. The molecule has 0 saturated heterocycles. The van der Waals surface area contributed by atoms with Crippen LogP contribution in [0.15, 0.2) is 61.1 Å². The zero-order valence-corrected chi connectivity index (χ0v) is 12.0. The van der Waals surface area contributed by atoms with Gasteiger partial charge in [0.25, 0.3) is 5.91 Å². The zero-order valence-electron chi connectivity index (χ0n) is 12.0. The van der Waals surface area contributed by atoms with E-state index in [1.54, 1.807) is 24.7 Å². The lowest BCUT2D eigenvalue weighted by atomic mass is 10.1. The van der Waals surface area contributed by atoms with Crippen molar-refractivity contribution in [3.63, 3.8) is 0 Å². The number of pyridine rings is 1. The predicted molar refractivity (Wildman–Crippen MR) is 84.3 cm³/mol. The van der Waals surface area contributed by atoms with Crippen molar-refractivity contribution in [3.05, 3.63) is 72.3 Å². The second kappa shape index (κ2) is 6.67. The van der Waals surface area contributed by atoms with Crippen LogP contribution < -0.4 is 5.32 Å². The second-order valence-electron chi connectivity index (χ2n) is 4.81. The molecule has 2 N–H and O–H groups in total. The topological polar surface area (TPSA) is 70.7 Å². The van der Waals surface area contributed by atoms with E-state index in [0.29, 0.717) is 24.4 Å². The van der Waals surface area contributed by atoms with Crippen LogP contribution in [0, 0.1) is 0 Å². The van der Waals surface area contributed by atoms with Gasteiger partial charge < -0.3 is 10.3 Å². The Morgan fingerprint density at radius 3 is 2.68 bits per heavy atom. The van der Waals surface area contributed by atoms with E-state index >= 15 is 0 Å². The first kappa shape index (κ1) is 14.0. The van der Waals surface area contributed by atoms with Crippen molar-refractivity contribution < 1.29 is 4.79 Å². The Morgan fingerprint density at radius 2 is 1.91 bits per heavy atom. The van der Waals surface area contributed by atoms with Gasteiger partial charge in [0, 0.05) is 42.8 Å². The molecule has 5 heteroatoms. The summed E-state index contributed by atoms with van der Waals surface area (Å²) in [5.74, 6) is 0.582. The summed E-state index contributed by atoms with van der Waals surface area (Å²) in [5.41, 5.74) is 2.36. The molecule has 0 radical (unpaired) electrons. The fourth-order valence-corrected chi connectivity index (χ4v) is 2.25. The number of hydrogen-bond donors (Lipinski definition) is 2. The molecule has 0 aliphatic rings. The van der Waals surface area contributed by atoms with Crippen LogP contribution in [0.4, 0.5) is 0 Å². The van der Waals surface area contributed by atoms with Crippen molar-refractivity contribution in [1.29, 1.82) is 0 Å². The molecule has 2 heterocycles. The van der Waals surface area contributed by atoms with Gasteiger partial charge in [0.15, 0.2) is 0 Å². The van der Waals surface area contributed by atoms with Crippen molar-refractivity contribution >= 4 is 5.91 Å². The van der Waals surface area contributed by atoms with Crippen LogP contribution in [0.1, 0.15) is 16.1 Å². The summed E-state index contributed by atoms with van der Waals surface area (Å²) in [6.45, 7) is 0.544. The summed E-state index contributed by atoms with van der Waals surface area (Å²) < 4.78 is 0. The molecule has 0 saturated carbocycles. The molecule has 5 nitrogen and oxygen atoms in total. The smallest absolute Gasteiger partial charge is 0.252 e. The molecule has 0 bridgehead atoms. The lowest BCUT2D eigenvalue weighted by Crippen LogP contribution is -2.26. The summed E-state index contributed by atoms with van der Waals surface area (Å²) >= 11 is 0. The Morgan fingerprint density at radius 1 is 1.05 bits per heavy atom. The highest BCUT2D eigenvalue weighted by atomic mass is 16.1. The van der Waals surface area contributed by atoms with E-state index in [4.69, 9.17) is 0 Å². The number of carbonyl (C=O) groups is 1. The normalized spacial score (nSPS) is 10.4. The van der Waals surface area contributed by atoms with Crippen LogP contribution in [-0.4, -0.2) is 27.4 Å². The van der Waals surface area contributed by atoms with Crippen LogP contribution in [0.5, 0.6) is 0 Å². The van der Waals surface area contributed by atoms with Crippen LogP contribution in [-0.2, 0) is 6.42 Å². The van der Waals surface area contributed by atoms with Gasteiger partial charge in [-0.25, -0.2) is 4.98 Å². The van der Waals surface area contributed by atoms with E-state index in [1.807, 2.05) is 36.4 Å². The molecule has 0 spiro atoms. The SMILES string of the molecule is O=C(NCCc1ccccn1)c1ccccc1-c1ncc[nH]1. The van der Waals surface area contributed by atoms with Gasteiger partial charge in [-0.2, -0.15) is 0 Å². The molecular weight excluding hydrogens is 276 g/mol. The number of carbonyl (C=O) groups excluding carboxylic acids is 1. The standard InChI is InChI=1S/C17H16N4O/c22-17(21-10-8-13-5-3-4-9-18-13)15-7-2-1-6-14(15)16-19-11-12-20-16/h1-7,9,11-12H,8,10H2,(H,19,20)(H,21,22). The van der Waals surface area contributed by atoms with E-state index in [1.165, 1.54) is 0 Å². The quantitative estimate of drug-likeness (QED) is 0.759. The molecule has 0 unspecified atom stereocenters. The van der Waals surface area contributed by atoms with E-state index in [-0.39, 0.29) is 5.91 Å². The average molecular weight is 292 g/mol. The Hall–Kier alpha value is -2.95. The van der Waals surface area contributed by atoms with Crippen LogP contribution in [0.2, 0.25) is 0 Å². The molecule has 1 aromatic carbocycles. The molecule has 3 rings (SSSR count). The van der Waals surface area contributed by atoms with Crippen LogP contribution in [0.3, 0.4) is 0 Å². The first-order valence-corrected chi connectivity index (χ1v) is 7.11. The highest BCUT2D eigenvalue weighted by molar-refractivity contribution is 6.00. The molecule has 0 aliphatic heterocycles. The minimum absolute atomic E-state index is 0.108. The largest absolute Gasteiger partial charge is 0.352 e. The molecule has 22 heavy (non-hydrogen) atoms. The summed E-state index contributed by atoms with van der Waals surface area (Å²) in [5, 5.41) is 2.93. The number of imidazole rings is 1. The van der Waals surface area contributed by atoms with E-state index in [9.17, 15) is 4.79 Å². The van der Waals surface area contributed by atoms with Crippen molar-refractivity contribution in [2.24, 2.45) is 0 Å². The van der Waals surface area contributed by atoms with E-state index < -0.39 is 0 Å². The fraction of sp³-hybridized carbons (Fsp3) is 0.118. The molecular formula is C17H16N4O. The Bertz CT molecular complexity index is 738. The van der Waals surface area contributed by atoms with Gasteiger partial charge in [-0.3, -0.25) is 9.78 Å². The van der Waals surface area contributed by atoms with Gasteiger partial charge in [-0.1, -0.05) is 24.3 Å². The highest BCUT2D eigenvalue weighted by Crippen LogP contribution is 2.19. The number of hydrogen-bond acceptors (Lipinski definition) is 3. The summed E-state index contributed by atoms with van der Waals surface area (Å²) in [7, 11) is 0. The molecule has 1 amide bonds.